The number of alkyl halides is 1. The lowest BCUT2D eigenvalue weighted by Crippen LogP contribution is -2.64. The Morgan fingerprint density at radius 2 is 2.09 bits per heavy atom. The summed E-state index contributed by atoms with van der Waals surface area (Å²) in [5, 5.41) is 0.357. The highest BCUT2D eigenvalue weighted by molar-refractivity contribution is 6.20. The van der Waals surface area contributed by atoms with Crippen molar-refractivity contribution in [3.05, 3.63) is 30.1 Å². The first-order valence-electron chi connectivity index (χ1n) is 8.98. The van der Waals surface area contributed by atoms with Gasteiger partial charge in [-0.25, -0.2) is 0 Å². The molecule has 1 saturated carbocycles. The number of fused-ring (bicyclic) bond motifs is 3. The quantitative estimate of drug-likeness (QED) is 0.776. The predicted molar refractivity (Wildman–Crippen MR) is 91.6 cm³/mol. The summed E-state index contributed by atoms with van der Waals surface area (Å²) < 4.78 is 0. The van der Waals surface area contributed by atoms with Crippen LogP contribution in [0.4, 0.5) is 0 Å². The Balaban J connectivity index is 1.63. The largest absolute Gasteiger partial charge is 0.300 e. The number of rotatable bonds is 2. The molecule has 3 aliphatic rings. The third kappa shape index (κ3) is 2.94. The molecule has 4 heteroatoms. The summed E-state index contributed by atoms with van der Waals surface area (Å²) in [5.41, 5.74) is 1.35. The van der Waals surface area contributed by atoms with Gasteiger partial charge in [0.2, 0.25) is 0 Å². The Kier molecular flexibility index (Phi) is 4.19. The summed E-state index contributed by atoms with van der Waals surface area (Å²) in [7, 11) is 0. The average Bonchev–Trinajstić information content (AvgIpc) is 2.55. The van der Waals surface area contributed by atoms with Crippen LogP contribution in [0.3, 0.4) is 0 Å². The normalized spacial score (nSPS) is 38.0. The summed E-state index contributed by atoms with van der Waals surface area (Å²) in [5.74, 6) is 1.17. The molecular weight excluding hydrogens is 308 g/mol. The second kappa shape index (κ2) is 6.18. The number of pyridine rings is 1. The van der Waals surface area contributed by atoms with Gasteiger partial charge in [0.05, 0.1) is 0 Å². The monoisotopic (exact) mass is 332 g/mol. The summed E-state index contributed by atoms with van der Waals surface area (Å²) in [4.78, 5) is 19.1. The van der Waals surface area contributed by atoms with E-state index in [1.54, 1.807) is 0 Å². The number of halogens is 1. The van der Waals surface area contributed by atoms with E-state index in [1.807, 2.05) is 12.4 Å². The molecule has 4 rings (SSSR count). The molecule has 1 aromatic rings. The van der Waals surface area contributed by atoms with Crippen LogP contribution in [0.1, 0.15) is 50.5 Å². The fourth-order valence-corrected chi connectivity index (χ4v) is 5.64. The van der Waals surface area contributed by atoms with Crippen molar-refractivity contribution in [2.75, 3.05) is 6.54 Å². The lowest BCUT2D eigenvalue weighted by molar-refractivity contribution is -0.134. The highest BCUT2D eigenvalue weighted by Gasteiger charge is 2.51. The van der Waals surface area contributed by atoms with Gasteiger partial charge in [-0.1, -0.05) is 0 Å². The molecule has 2 aliphatic heterocycles. The van der Waals surface area contributed by atoms with Crippen LogP contribution in [-0.2, 0) is 11.2 Å². The number of carbonyl (C=O) groups excluding carboxylic acids is 1. The highest BCUT2D eigenvalue weighted by atomic mass is 35.5. The number of aromatic nitrogens is 1. The lowest BCUT2D eigenvalue weighted by atomic mass is 9.66. The van der Waals surface area contributed by atoms with Crippen molar-refractivity contribution >= 4 is 17.4 Å². The number of piperidine rings is 2. The van der Waals surface area contributed by atoms with E-state index >= 15 is 0 Å². The molecule has 0 amide bonds. The SMILES string of the molecule is O=C1CCN2C3CCC(Cl)CC3CCC2(Cc2ccncc2)C1. The number of ketones is 1. The second-order valence-electron chi connectivity index (χ2n) is 7.69. The minimum absolute atomic E-state index is 0.0387. The maximum atomic E-state index is 12.3. The van der Waals surface area contributed by atoms with E-state index in [0.717, 1.165) is 51.0 Å². The molecule has 4 unspecified atom stereocenters. The molecule has 3 fully saturated rings. The molecule has 23 heavy (non-hydrogen) atoms. The Bertz CT molecular complexity index is 578. The van der Waals surface area contributed by atoms with Crippen LogP contribution >= 0.6 is 11.6 Å². The van der Waals surface area contributed by atoms with E-state index in [1.165, 1.54) is 18.4 Å². The summed E-state index contributed by atoms with van der Waals surface area (Å²) in [6, 6.07) is 4.84. The minimum Gasteiger partial charge on any atom is -0.300 e. The molecule has 0 aromatic carbocycles. The molecule has 0 radical (unpaired) electrons. The number of hydrogen-bond donors (Lipinski definition) is 0. The van der Waals surface area contributed by atoms with Gasteiger partial charge < -0.3 is 0 Å². The molecule has 4 atom stereocenters. The highest BCUT2D eigenvalue weighted by Crippen LogP contribution is 2.47. The number of carbonyl (C=O) groups is 1. The number of nitrogens with zero attached hydrogens (tertiary/aromatic N) is 2. The Morgan fingerprint density at radius 3 is 2.91 bits per heavy atom. The molecule has 124 valence electrons. The topological polar surface area (TPSA) is 33.2 Å². The standard InChI is InChI=1S/C19H25ClN2O/c20-16-1-2-18-15(11-16)3-7-19(12-14-4-8-21-9-5-14)13-17(23)6-10-22(18)19/h4-5,8-9,15-16,18H,1-3,6-7,10-13H2. The van der Waals surface area contributed by atoms with Crippen molar-refractivity contribution in [2.45, 2.75) is 68.3 Å². The number of Topliss-reactive ketones (excluding diaryl/α,β-unsaturated/α-hetero) is 1. The summed E-state index contributed by atoms with van der Waals surface area (Å²) in [6.07, 6.45) is 12.0. The smallest absolute Gasteiger partial charge is 0.136 e. The Morgan fingerprint density at radius 1 is 1.26 bits per heavy atom. The first-order chi connectivity index (χ1) is 11.2. The van der Waals surface area contributed by atoms with Gasteiger partial charge in [0.1, 0.15) is 5.78 Å². The van der Waals surface area contributed by atoms with Crippen LogP contribution in [0.5, 0.6) is 0 Å². The van der Waals surface area contributed by atoms with Crippen LogP contribution in [-0.4, -0.2) is 39.2 Å². The molecule has 0 spiro atoms. The minimum atomic E-state index is 0.0387. The zero-order chi connectivity index (χ0) is 15.9. The maximum Gasteiger partial charge on any atom is 0.136 e. The van der Waals surface area contributed by atoms with E-state index in [0.29, 0.717) is 17.2 Å². The zero-order valence-corrected chi connectivity index (χ0v) is 14.3. The van der Waals surface area contributed by atoms with Crippen molar-refractivity contribution in [3.63, 3.8) is 0 Å². The van der Waals surface area contributed by atoms with Crippen LogP contribution < -0.4 is 0 Å². The summed E-state index contributed by atoms with van der Waals surface area (Å²) in [6.45, 7) is 0.942. The van der Waals surface area contributed by atoms with Crippen molar-refractivity contribution < 1.29 is 4.79 Å². The van der Waals surface area contributed by atoms with Crippen LogP contribution in [0.15, 0.2) is 24.5 Å². The van der Waals surface area contributed by atoms with E-state index in [-0.39, 0.29) is 5.54 Å². The molecule has 0 N–H and O–H groups in total. The molecular formula is C19H25ClN2O. The van der Waals surface area contributed by atoms with Crippen molar-refractivity contribution in [3.8, 4) is 0 Å². The molecule has 2 saturated heterocycles. The lowest BCUT2D eigenvalue weighted by Gasteiger charge is -2.58. The zero-order valence-electron chi connectivity index (χ0n) is 13.6. The first kappa shape index (κ1) is 15.6. The second-order valence-corrected chi connectivity index (χ2v) is 8.31. The summed E-state index contributed by atoms with van der Waals surface area (Å²) >= 11 is 6.42. The number of hydrogen-bond acceptors (Lipinski definition) is 3. The van der Waals surface area contributed by atoms with Crippen LogP contribution in [0.2, 0.25) is 0 Å². The van der Waals surface area contributed by atoms with Crippen LogP contribution in [0.25, 0.3) is 0 Å². The fraction of sp³-hybridized carbons (Fsp3) is 0.684. The van der Waals surface area contributed by atoms with Crippen molar-refractivity contribution in [1.82, 2.24) is 9.88 Å². The average molecular weight is 333 g/mol. The maximum absolute atomic E-state index is 12.3. The van der Waals surface area contributed by atoms with Gasteiger partial charge in [0.25, 0.3) is 0 Å². The molecule has 3 nitrogen and oxygen atoms in total. The fourth-order valence-electron chi connectivity index (χ4n) is 5.29. The van der Waals surface area contributed by atoms with Gasteiger partial charge in [-0.2, -0.15) is 0 Å². The van der Waals surface area contributed by atoms with E-state index < -0.39 is 0 Å². The third-order valence-corrected chi connectivity index (χ3v) is 6.71. The Hall–Kier alpha value is -0.930. The first-order valence-corrected chi connectivity index (χ1v) is 9.41. The predicted octanol–water partition coefficient (Wildman–Crippen LogP) is 3.60. The molecule has 0 bridgehead atoms. The van der Waals surface area contributed by atoms with Gasteiger partial charge in [0, 0.05) is 48.7 Å². The van der Waals surface area contributed by atoms with E-state index in [2.05, 4.69) is 22.0 Å². The third-order valence-electron chi connectivity index (χ3n) is 6.31. The van der Waals surface area contributed by atoms with Gasteiger partial charge in [-0.15, -0.1) is 11.6 Å². The van der Waals surface area contributed by atoms with Gasteiger partial charge in [0.15, 0.2) is 0 Å². The van der Waals surface area contributed by atoms with Crippen molar-refractivity contribution in [2.24, 2.45) is 5.92 Å². The molecule has 1 aromatic heterocycles. The van der Waals surface area contributed by atoms with Crippen molar-refractivity contribution in [1.29, 1.82) is 0 Å². The van der Waals surface area contributed by atoms with Crippen LogP contribution in [0, 0.1) is 5.92 Å². The molecule has 1 aliphatic carbocycles. The molecule has 3 heterocycles. The van der Waals surface area contributed by atoms with Gasteiger partial charge in [-0.3, -0.25) is 14.7 Å². The van der Waals surface area contributed by atoms with E-state index in [9.17, 15) is 4.79 Å². The Labute approximate surface area is 143 Å². The van der Waals surface area contributed by atoms with E-state index in [4.69, 9.17) is 11.6 Å². The van der Waals surface area contributed by atoms with Gasteiger partial charge >= 0.3 is 0 Å². The van der Waals surface area contributed by atoms with Gasteiger partial charge in [-0.05, 0) is 62.1 Å².